The molecule has 1 N–H and O–H groups in total. The van der Waals surface area contributed by atoms with Crippen LogP contribution < -0.4 is 5.32 Å². The zero-order valence-corrected chi connectivity index (χ0v) is 9.81. The topological polar surface area (TPSA) is 38.3 Å². The van der Waals surface area contributed by atoms with E-state index < -0.39 is 30.2 Å². The number of carbonyl (C=O) groups is 1. The monoisotopic (exact) mass is 279 g/mol. The van der Waals surface area contributed by atoms with Crippen LogP contribution in [0, 0.1) is 5.82 Å². The van der Waals surface area contributed by atoms with Gasteiger partial charge in [0.1, 0.15) is 11.9 Å². The number of carbonyl (C=O) groups excluding carboxylic acids is 1. The molecule has 98 valence electrons. The molecule has 0 bridgehead atoms. The van der Waals surface area contributed by atoms with E-state index in [1.165, 1.54) is 12.1 Å². The summed E-state index contributed by atoms with van der Waals surface area (Å²) in [5, 5.41) is 2.90. The Labute approximate surface area is 106 Å². The molecule has 0 aromatic heterocycles. The molecule has 0 saturated carbocycles. The molecule has 0 radical (unpaired) electrons. The van der Waals surface area contributed by atoms with Crippen molar-refractivity contribution in [2.24, 2.45) is 0 Å². The van der Waals surface area contributed by atoms with Gasteiger partial charge in [0, 0.05) is 5.02 Å². The summed E-state index contributed by atoms with van der Waals surface area (Å²) in [5.74, 6) is -5.56. The Hall–Kier alpha value is -1.43. The van der Waals surface area contributed by atoms with E-state index >= 15 is 0 Å². The summed E-state index contributed by atoms with van der Waals surface area (Å²) in [7, 11) is 0. The molecule has 3 nitrogen and oxygen atoms in total. The maximum Gasteiger partial charge on any atom is 0.377 e. The number of esters is 1. The predicted octanol–water partition coefficient (Wildman–Crippen LogP) is 2.84. The van der Waals surface area contributed by atoms with Crippen molar-refractivity contribution in [2.45, 2.75) is 18.4 Å². The van der Waals surface area contributed by atoms with Crippen molar-refractivity contribution in [3.05, 3.63) is 29.0 Å². The first-order valence-corrected chi connectivity index (χ1v) is 5.54. The summed E-state index contributed by atoms with van der Waals surface area (Å²) in [6.45, 7) is -0.0986. The minimum absolute atomic E-state index is 0.0776. The van der Waals surface area contributed by atoms with E-state index in [-0.39, 0.29) is 12.2 Å². The van der Waals surface area contributed by atoms with Crippen molar-refractivity contribution in [1.29, 1.82) is 0 Å². The third kappa shape index (κ3) is 2.69. The number of halogens is 4. The number of alkyl halides is 2. The summed E-state index contributed by atoms with van der Waals surface area (Å²) in [6.07, 6.45) is -1.69. The fourth-order valence-corrected chi connectivity index (χ4v) is 1.79. The smallest absolute Gasteiger partial charge is 0.377 e. The molecule has 0 spiro atoms. The second kappa shape index (κ2) is 4.68. The lowest BCUT2D eigenvalue weighted by molar-refractivity contribution is -0.158. The molecule has 0 aliphatic carbocycles. The van der Waals surface area contributed by atoms with E-state index in [1.54, 1.807) is 0 Å². The van der Waals surface area contributed by atoms with Crippen molar-refractivity contribution in [3.8, 4) is 0 Å². The Morgan fingerprint density at radius 3 is 2.83 bits per heavy atom. The van der Waals surface area contributed by atoms with Gasteiger partial charge in [-0.05, 0) is 18.2 Å². The number of benzene rings is 1. The second-order valence-electron chi connectivity index (χ2n) is 3.94. The van der Waals surface area contributed by atoms with Gasteiger partial charge in [-0.1, -0.05) is 11.6 Å². The number of cyclic esters (lactones) is 1. The first-order valence-electron chi connectivity index (χ1n) is 5.16. The number of anilines is 1. The van der Waals surface area contributed by atoms with Gasteiger partial charge in [0.2, 0.25) is 0 Å². The van der Waals surface area contributed by atoms with E-state index in [1.807, 2.05) is 0 Å². The molecule has 1 unspecified atom stereocenters. The Balaban J connectivity index is 1.97. The van der Waals surface area contributed by atoms with Crippen LogP contribution in [0.3, 0.4) is 0 Å². The minimum atomic E-state index is -3.46. The van der Waals surface area contributed by atoms with Crippen molar-refractivity contribution in [1.82, 2.24) is 0 Å². The van der Waals surface area contributed by atoms with Crippen LogP contribution in [0.1, 0.15) is 6.42 Å². The van der Waals surface area contributed by atoms with Crippen LogP contribution in [0.4, 0.5) is 18.9 Å². The zero-order chi connectivity index (χ0) is 13.3. The van der Waals surface area contributed by atoms with Crippen LogP contribution in [0.25, 0.3) is 0 Å². The van der Waals surface area contributed by atoms with Crippen molar-refractivity contribution < 1.29 is 22.7 Å². The molecule has 18 heavy (non-hydrogen) atoms. The molecule has 1 atom stereocenters. The zero-order valence-electron chi connectivity index (χ0n) is 9.05. The Bertz CT molecular complexity index is 481. The number of hydrogen-bond acceptors (Lipinski definition) is 3. The molecule has 1 fully saturated rings. The van der Waals surface area contributed by atoms with E-state index in [9.17, 15) is 18.0 Å². The van der Waals surface area contributed by atoms with E-state index in [4.69, 9.17) is 11.6 Å². The average molecular weight is 280 g/mol. The lowest BCUT2D eigenvalue weighted by atomic mass is 10.2. The molecule has 1 saturated heterocycles. The van der Waals surface area contributed by atoms with E-state index in [0.29, 0.717) is 5.02 Å². The summed E-state index contributed by atoms with van der Waals surface area (Å²) >= 11 is 5.67. The fourth-order valence-electron chi connectivity index (χ4n) is 1.62. The first kappa shape index (κ1) is 13.0. The fraction of sp³-hybridized carbons (Fsp3) is 0.364. The third-order valence-electron chi connectivity index (χ3n) is 2.50. The van der Waals surface area contributed by atoms with Gasteiger partial charge in [-0.15, -0.1) is 0 Å². The average Bonchev–Trinajstić information content (AvgIpc) is 2.54. The van der Waals surface area contributed by atoms with Gasteiger partial charge in [-0.3, -0.25) is 0 Å². The van der Waals surface area contributed by atoms with Gasteiger partial charge in [0.25, 0.3) is 0 Å². The van der Waals surface area contributed by atoms with Gasteiger partial charge in [-0.25, -0.2) is 9.18 Å². The van der Waals surface area contributed by atoms with Crippen LogP contribution in [0.2, 0.25) is 5.02 Å². The lowest BCUT2D eigenvalue weighted by Crippen LogP contribution is -2.22. The third-order valence-corrected chi connectivity index (χ3v) is 2.74. The van der Waals surface area contributed by atoms with Gasteiger partial charge < -0.3 is 10.1 Å². The molecule has 1 aromatic carbocycles. The molecule has 1 aromatic rings. The van der Waals surface area contributed by atoms with Crippen LogP contribution in [-0.4, -0.2) is 24.5 Å². The summed E-state index contributed by atoms with van der Waals surface area (Å²) in [5.41, 5.74) is 0.0776. The maximum atomic E-state index is 13.3. The second-order valence-corrected chi connectivity index (χ2v) is 4.38. The summed E-state index contributed by atoms with van der Waals surface area (Å²) in [4.78, 5) is 10.7. The molecule has 1 aliphatic heterocycles. The number of nitrogens with one attached hydrogen (secondary N) is 1. The molecular formula is C11H9ClF3NO2. The predicted molar refractivity (Wildman–Crippen MR) is 59.3 cm³/mol. The largest absolute Gasteiger partial charge is 0.456 e. The number of rotatable bonds is 3. The standard InChI is InChI=1S/C11H9ClF3NO2/c12-6-1-2-8(13)9(3-6)16-5-7-4-11(14,15)10(17)18-7/h1-3,7,16H,4-5H2. The molecule has 1 heterocycles. The highest BCUT2D eigenvalue weighted by molar-refractivity contribution is 6.30. The maximum absolute atomic E-state index is 13.3. The number of ether oxygens (including phenoxy) is 1. The van der Waals surface area contributed by atoms with Gasteiger partial charge in [-0.2, -0.15) is 8.78 Å². The normalized spacial score (nSPS) is 21.8. The van der Waals surface area contributed by atoms with Crippen LogP contribution in [0.5, 0.6) is 0 Å². The Kier molecular flexibility index (Phi) is 3.38. The Morgan fingerprint density at radius 2 is 2.22 bits per heavy atom. The van der Waals surface area contributed by atoms with E-state index in [0.717, 1.165) is 6.07 Å². The van der Waals surface area contributed by atoms with Crippen LogP contribution >= 0.6 is 11.6 Å². The molecule has 7 heteroatoms. The highest BCUT2D eigenvalue weighted by Crippen LogP contribution is 2.31. The van der Waals surface area contributed by atoms with Gasteiger partial charge in [0.15, 0.2) is 0 Å². The van der Waals surface area contributed by atoms with Crippen LogP contribution in [0.15, 0.2) is 18.2 Å². The molecule has 2 rings (SSSR count). The lowest BCUT2D eigenvalue weighted by Gasteiger charge is -2.12. The highest BCUT2D eigenvalue weighted by atomic mass is 35.5. The van der Waals surface area contributed by atoms with E-state index in [2.05, 4.69) is 10.1 Å². The van der Waals surface area contributed by atoms with Crippen LogP contribution in [-0.2, 0) is 9.53 Å². The Morgan fingerprint density at radius 1 is 1.50 bits per heavy atom. The SMILES string of the molecule is O=C1OC(CNc2cc(Cl)ccc2F)CC1(F)F. The summed E-state index contributed by atoms with van der Waals surface area (Å²) < 4.78 is 43.5. The number of hydrogen-bond donors (Lipinski definition) is 1. The molecule has 1 aliphatic rings. The summed E-state index contributed by atoms with van der Waals surface area (Å²) in [6, 6.07) is 3.84. The van der Waals surface area contributed by atoms with Crippen molar-refractivity contribution in [2.75, 3.05) is 11.9 Å². The minimum Gasteiger partial charge on any atom is -0.456 e. The highest BCUT2D eigenvalue weighted by Gasteiger charge is 2.50. The van der Waals surface area contributed by atoms with Gasteiger partial charge in [0.05, 0.1) is 18.7 Å². The molecular weight excluding hydrogens is 271 g/mol. The quantitative estimate of drug-likeness (QED) is 0.865. The van der Waals surface area contributed by atoms with Crippen molar-refractivity contribution >= 4 is 23.3 Å². The molecule has 0 amide bonds. The first-order chi connectivity index (χ1) is 8.38. The van der Waals surface area contributed by atoms with Gasteiger partial charge >= 0.3 is 11.9 Å². The van der Waals surface area contributed by atoms with Crippen molar-refractivity contribution in [3.63, 3.8) is 0 Å².